The Kier molecular flexibility index (Phi) is 6.15. The fourth-order valence-corrected chi connectivity index (χ4v) is 2.58. The van der Waals surface area contributed by atoms with Crippen molar-refractivity contribution in [3.63, 3.8) is 0 Å². The van der Waals surface area contributed by atoms with Crippen molar-refractivity contribution in [1.82, 2.24) is 9.97 Å². The summed E-state index contributed by atoms with van der Waals surface area (Å²) in [5.74, 6) is -0.0348. The van der Waals surface area contributed by atoms with Gasteiger partial charge in [-0.25, -0.2) is 4.98 Å². The highest BCUT2D eigenvalue weighted by Crippen LogP contribution is 2.32. The second-order valence-electron chi connectivity index (χ2n) is 6.65. The highest BCUT2D eigenvalue weighted by molar-refractivity contribution is 5.82. The summed E-state index contributed by atoms with van der Waals surface area (Å²) in [5.41, 5.74) is -0.614. The largest absolute Gasteiger partial charge is 0.481 e. The minimum absolute atomic E-state index is 0.167. The first kappa shape index (κ1) is 19.4. The van der Waals surface area contributed by atoms with Gasteiger partial charge in [0.05, 0.1) is 31.3 Å². The van der Waals surface area contributed by atoms with E-state index in [1.807, 2.05) is 4.90 Å². The van der Waals surface area contributed by atoms with E-state index >= 15 is 0 Å². The lowest BCUT2D eigenvalue weighted by molar-refractivity contribution is -0.142. The first-order valence-electron chi connectivity index (χ1n) is 8.21. The Morgan fingerprint density at radius 1 is 1.44 bits per heavy atom. The van der Waals surface area contributed by atoms with Gasteiger partial charge >= 0.3 is 5.97 Å². The van der Waals surface area contributed by atoms with Gasteiger partial charge in [-0.05, 0) is 13.8 Å². The molecule has 0 unspecified atom stereocenters. The standard InChI is InChI=1S/C16H26N4O5/c1-16(2,14(23)24)12-8-17-15(19(3)9-11(22)10-21)18-13(12)20-4-6-25-7-5-20/h8,11,21-22H,4-7,9-10H2,1-3H3,(H,23,24)/t11-/m0/s1. The monoisotopic (exact) mass is 354 g/mol. The molecule has 1 aromatic heterocycles. The quantitative estimate of drug-likeness (QED) is 0.593. The zero-order valence-electron chi connectivity index (χ0n) is 14.8. The van der Waals surface area contributed by atoms with Crippen LogP contribution in [0.2, 0.25) is 0 Å². The normalized spacial score (nSPS) is 16.6. The van der Waals surface area contributed by atoms with Crippen molar-refractivity contribution in [1.29, 1.82) is 0 Å². The topological polar surface area (TPSA) is 119 Å². The summed E-state index contributed by atoms with van der Waals surface area (Å²) in [7, 11) is 1.71. The summed E-state index contributed by atoms with van der Waals surface area (Å²) in [6.07, 6.45) is 0.624. The Labute approximate surface area is 146 Å². The number of nitrogens with zero attached hydrogens (tertiary/aromatic N) is 4. The number of morpholine rings is 1. The number of hydrogen-bond acceptors (Lipinski definition) is 8. The molecule has 1 saturated heterocycles. The number of likely N-dealkylation sites (N-methyl/N-ethyl adjacent to an activating group) is 1. The Hall–Kier alpha value is -1.97. The average Bonchev–Trinajstić information content (AvgIpc) is 2.61. The van der Waals surface area contributed by atoms with E-state index in [0.717, 1.165) is 0 Å². The summed E-state index contributed by atoms with van der Waals surface area (Å²) in [4.78, 5) is 24.1. The number of anilines is 2. The molecule has 1 aromatic rings. The molecule has 1 aliphatic heterocycles. The summed E-state index contributed by atoms with van der Waals surface area (Å²) < 4.78 is 5.37. The minimum Gasteiger partial charge on any atom is -0.481 e. The summed E-state index contributed by atoms with van der Waals surface area (Å²) in [6.45, 7) is 5.38. The highest BCUT2D eigenvalue weighted by atomic mass is 16.5. The van der Waals surface area contributed by atoms with E-state index in [2.05, 4.69) is 9.97 Å². The van der Waals surface area contributed by atoms with Crippen molar-refractivity contribution >= 4 is 17.7 Å². The zero-order chi connectivity index (χ0) is 18.6. The number of aliphatic hydroxyl groups is 2. The van der Waals surface area contributed by atoms with Crippen LogP contribution in [0, 0.1) is 0 Å². The van der Waals surface area contributed by atoms with Gasteiger partial charge in [-0.3, -0.25) is 4.79 Å². The first-order chi connectivity index (χ1) is 11.8. The van der Waals surface area contributed by atoms with Crippen LogP contribution >= 0.6 is 0 Å². The van der Waals surface area contributed by atoms with Gasteiger partial charge in [0.1, 0.15) is 5.82 Å². The molecule has 0 bridgehead atoms. The van der Waals surface area contributed by atoms with Crippen molar-refractivity contribution in [2.75, 3.05) is 56.3 Å². The molecule has 2 heterocycles. The number of carboxylic acid groups (broad SMARTS) is 1. The van der Waals surface area contributed by atoms with Crippen LogP contribution in [0.25, 0.3) is 0 Å². The van der Waals surface area contributed by atoms with Crippen LogP contribution < -0.4 is 9.80 Å². The van der Waals surface area contributed by atoms with E-state index in [1.54, 1.807) is 25.8 Å². The molecule has 2 rings (SSSR count). The number of hydrogen-bond donors (Lipinski definition) is 3. The summed E-state index contributed by atoms with van der Waals surface area (Å²) in [6, 6.07) is 0. The number of aromatic nitrogens is 2. The molecule has 140 valence electrons. The third-order valence-corrected chi connectivity index (χ3v) is 4.31. The summed E-state index contributed by atoms with van der Waals surface area (Å²) in [5, 5.41) is 28.2. The second kappa shape index (κ2) is 7.94. The predicted molar refractivity (Wildman–Crippen MR) is 92.1 cm³/mol. The van der Waals surface area contributed by atoms with Crippen LogP contribution in [0.15, 0.2) is 6.20 Å². The molecule has 25 heavy (non-hydrogen) atoms. The molecule has 0 aliphatic carbocycles. The second-order valence-corrected chi connectivity index (χ2v) is 6.65. The molecule has 0 aromatic carbocycles. The van der Waals surface area contributed by atoms with Crippen LogP contribution in [-0.2, 0) is 14.9 Å². The molecule has 0 amide bonds. The van der Waals surface area contributed by atoms with Crippen molar-refractivity contribution in [2.45, 2.75) is 25.4 Å². The molecule has 1 aliphatic rings. The maximum Gasteiger partial charge on any atom is 0.313 e. The molecule has 9 heteroatoms. The van der Waals surface area contributed by atoms with E-state index in [0.29, 0.717) is 43.6 Å². The van der Waals surface area contributed by atoms with Gasteiger partial charge in [-0.1, -0.05) is 0 Å². The van der Waals surface area contributed by atoms with E-state index < -0.39 is 17.5 Å². The number of ether oxygens (including phenoxy) is 1. The molecule has 3 N–H and O–H groups in total. The van der Waals surface area contributed by atoms with Crippen LogP contribution in [-0.4, -0.2) is 83.9 Å². The molecule has 0 saturated carbocycles. The van der Waals surface area contributed by atoms with Crippen molar-refractivity contribution < 1.29 is 24.9 Å². The van der Waals surface area contributed by atoms with Crippen LogP contribution in [0.5, 0.6) is 0 Å². The van der Waals surface area contributed by atoms with Crippen molar-refractivity contribution in [2.24, 2.45) is 0 Å². The minimum atomic E-state index is -1.14. The molecule has 1 fully saturated rings. The van der Waals surface area contributed by atoms with Crippen LogP contribution in [0.1, 0.15) is 19.4 Å². The molecule has 0 spiro atoms. The Bertz CT molecular complexity index is 604. The lowest BCUT2D eigenvalue weighted by Crippen LogP contribution is -2.40. The lowest BCUT2D eigenvalue weighted by atomic mass is 9.85. The number of carbonyl (C=O) groups is 1. The number of rotatable bonds is 7. The third kappa shape index (κ3) is 4.36. The Morgan fingerprint density at radius 3 is 2.64 bits per heavy atom. The van der Waals surface area contributed by atoms with Gasteiger partial charge in [-0.2, -0.15) is 4.98 Å². The number of aliphatic carboxylic acids is 1. The Morgan fingerprint density at radius 2 is 2.08 bits per heavy atom. The number of aliphatic hydroxyl groups excluding tert-OH is 2. The number of carboxylic acids is 1. The molecule has 1 atom stereocenters. The zero-order valence-corrected chi connectivity index (χ0v) is 14.8. The molecular weight excluding hydrogens is 328 g/mol. The molecule has 0 radical (unpaired) electrons. The first-order valence-corrected chi connectivity index (χ1v) is 8.21. The van der Waals surface area contributed by atoms with E-state index in [9.17, 15) is 15.0 Å². The highest BCUT2D eigenvalue weighted by Gasteiger charge is 2.35. The predicted octanol–water partition coefficient (Wildman–Crippen LogP) is -0.535. The van der Waals surface area contributed by atoms with Gasteiger partial charge < -0.3 is 29.9 Å². The lowest BCUT2D eigenvalue weighted by Gasteiger charge is -2.33. The maximum absolute atomic E-state index is 11.7. The van der Waals surface area contributed by atoms with Crippen molar-refractivity contribution in [3.8, 4) is 0 Å². The van der Waals surface area contributed by atoms with Gasteiger partial charge in [0, 0.05) is 38.4 Å². The van der Waals surface area contributed by atoms with Gasteiger partial charge in [-0.15, -0.1) is 0 Å². The average molecular weight is 354 g/mol. The van der Waals surface area contributed by atoms with Gasteiger partial charge in [0.15, 0.2) is 0 Å². The molecular formula is C16H26N4O5. The SMILES string of the molecule is CN(C[C@H](O)CO)c1ncc(C(C)(C)C(=O)O)c(N2CCOCC2)n1. The third-order valence-electron chi connectivity index (χ3n) is 4.31. The van der Waals surface area contributed by atoms with Crippen LogP contribution in [0.3, 0.4) is 0 Å². The van der Waals surface area contributed by atoms with Crippen LogP contribution in [0.4, 0.5) is 11.8 Å². The van der Waals surface area contributed by atoms with Gasteiger partial charge in [0.2, 0.25) is 5.95 Å². The van der Waals surface area contributed by atoms with E-state index in [4.69, 9.17) is 9.84 Å². The molecule has 9 nitrogen and oxygen atoms in total. The Balaban J connectivity index is 2.41. The van der Waals surface area contributed by atoms with E-state index in [-0.39, 0.29) is 13.2 Å². The fourth-order valence-electron chi connectivity index (χ4n) is 2.58. The summed E-state index contributed by atoms with van der Waals surface area (Å²) >= 11 is 0. The van der Waals surface area contributed by atoms with Gasteiger partial charge in [0.25, 0.3) is 0 Å². The maximum atomic E-state index is 11.7. The van der Waals surface area contributed by atoms with E-state index in [1.165, 1.54) is 6.20 Å². The van der Waals surface area contributed by atoms with Crippen molar-refractivity contribution in [3.05, 3.63) is 11.8 Å². The fraction of sp³-hybridized carbons (Fsp3) is 0.688. The smallest absolute Gasteiger partial charge is 0.313 e.